The Balaban J connectivity index is 1.71. The van der Waals surface area contributed by atoms with Gasteiger partial charge in [-0.25, -0.2) is 22.3 Å². The van der Waals surface area contributed by atoms with E-state index in [1.807, 2.05) is 13.0 Å². The van der Waals surface area contributed by atoms with Crippen LogP contribution in [-0.2, 0) is 10.0 Å². The number of hydrogen-bond donors (Lipinski definition) is 3. The Bertz CT molecular complexity index is 933. The molecule has 1 unspecified atom stereocenters. The van der Waals surface area contributed by atoms with E-state index in [0.717, 1.165) is 5.56 Å². The second kappa shape index (κ2) is 10.2. The van der Waals surface area contributed by atoms with Crippen molar-refractivity contribution < 1.29 is 22.3 Å². The number of aryl methyl sites for hydroxylation is 2. The van der Waals surface area contributed by atoms with Crippen LogP contribution >= 0.6 is 0 Å². The van der Waals surface area contributed by atoms with Crippen LogP contribution in [0, 0.1) is 19.7 Å². The maximum absolute atomic E-state index is 12.8. The summed E-state index contributed by atoms with van der Waals surface area (Å²) in [6.45, 7) is 5.70. The fourth-order valence-electron chi connectivity index (χ4n) is 2.50. The second-order valence-corrected chi connectivity index (χ2v) is 8.47. The lowest BCUT2D eigenvalue weighted by molar-refractivity contribution is 0.226. The Morgan fingerprint density at radius 1 is 1.10 bits per heavy atom. The molecule has 0 saturated heterocycles. The van der Waals surface area contributed by atoms with Crippen LogP contribution in [0.1, 0.15) is 18.1 Å². The number of ether oxygens (including phenoxy) is 1. The second-order valence-electron chi connectivity index (χ2n) is 6.73. The number of benzene rings is 2. The van der Waals surface area contributed by atoms with Crippen LogP contribution in [0.25, 0.3) is 0 Å². The number of urea groups is 1. The van der Waals surface area contributed by atoms with Crippen molar-refractivity contribution in [1.29, 1.82) is 0 Å². The third-order valence-corrected chi connectivity index (χ3v) is 5.63. The van der Waals surface area contributed by atoms with Gasteiger partial charge in [0.2, 0.25) is 10.0 Å². The number of nitrogens with one attached hydrogen (secondary N) is 3. The molecule has 0 saturated carbocycles. The Labute approximate surface area is 170 Å². The van der Waals surface area contributed by atoms with E-state index in [-0.39, 0.29) is 36.5 Å². The number of rotatable bonds is 9. The van der Waals surface area contributed by atoms with Crippen molar-refractivity contribution in [3.05, 3.63) is 59.4 Å². The molecule has 1 atom stereocenters. The molecule has 0 bridgehead atoms. The lowest BCUT2D eigenvalue weighted by Gasteiger charge is -2.16. The summed E-state index contributed by atoms with van der Waals surface area (Å²) in [7, 11) is -3.65. The summed E-state index contributed by atoms with van der Waals surface area (Å²) in [6.07, 6.45) is 0. The highest BCUT2D eigenvalue weighted by Gasteiger charge is 2.16. The van der Waals surface area contributed by atoms with E-state index in [1.54, 1.807) is 26.0 Å². The molecule has 158 valence electrons. The van der Waals surface area contributed by atoms with E-state index >= 15 is 0 Å². The maximum Gasteiger partial charge on any atom is 0.315 e. The summed E-state index contributed by atoms with van der Waals surface area (Å²) in [5, 5.41) is 5.27. The number of amides is 2. The average Bonchev–Trinajstić information content (AvgIpc) is 2.66. The molecular formula is C20H26FN3O4S. The van der Waals surface area contributed by atoms with E-state index in [1.165, 1.54) is 24.3 Å². The van der Waals surface area contributed by atoms with E-state index < -0.39 is 16.1 Å². The standard InChI is InChI=1S/C20H26FN3O4S/c1-14-4-5-15(2)19(12-14)29(26,27)23-11-10-22-20(25)24-16(3)13-28-18-8-6-17(21)7-9-18/h4-9,12,16,23H,10-11,13H2,1-3H3,(H2,22,24,25). The maximum atomic E-state index is 12.8. The summed E-state index contributed by atoms with van der Waals surface area (Å²) in [4.78, 5) is 12.1. The van der Waals surface area contributed by atoms with Gasteiger partial charge in [0.1, 0.15) is 18.2 Å². The van der Waals surface area contributed by atoms with Gasteiger partial charge in [-0.2, -0.15) is 0 Å². The third-order valence-electron chi connectivity index (χ3n) is 4.03. The Morgan fingerprint density at radius 2 is 1.79 bits per heavy atom. The Morgan fingerprint density at radius 3 is 2.48 bits per heavy atom. The van der Waals surface area contributed by atoms with Crippen LogP contribution in [0.4, 0.5) is 9.18 Å². The first kappa shape index (κ1) is 22.6. The van der Waals surface area contributed by atoms with E-state index in [4.69, 9.17) is 4.74 Å². The number of carbonyl (C=O) groups is 1. The first-order valence-electron chi connectivity index (χ1n) is 9.17. The van der Waals surface area contributed by atoms with E-state index in [0.29, 0.717) is 11.3 Å². The first-order valence-corrected chi connectivity index (χ1v) is 10.7. The minimum atomic E-state index is -3.65. The normalized spacial score (nSPS) is 12.3. The highest BCUT2D eigenvalue weighted by Crippen LogP contribution is 2.16. The predicted molar refractivity (Wildman–Crippen MR) is 109 cm³/mol. The molecule has 0 aliphatic carbocycles. The van der Waals surface area contributed by atoms with Crippen molar-refractivity contribution in [2.24, 2.45) is 0 Å². The van der Waals surface area contributed by atoms with Crippen LogP contribution in [-0.4, -0.2) is 40.2 Å². The topological polar surface area (TPSA) is 96.5 Å². The van der Waals surface area contributed by atoms with Gasteiger partial charge >= 0.3 is 6.03 Å². The molecule has 0 spiro atoms. The summed E-state index contributed by atoms with van der Waals surface area (Å²) >= 11 is 0. The lowest BCUT2D eigenvalue weighted by atomic mass is 10.2. The zero-order valence-corrected chi connectivity index (χ0v) is 17.5. The quantitative estimate of drug-likeness (QED) is 0.540. The van der Waals surface area contributed by atoms with Gasteiger partial charge in [0, 0.05) is 13.1 Å². The molecule has 2 amide bonds. The molecule has 9 heteroatoms. The van der Waals surface area contributed by atoms with Gasteiger partial charge in [0.25, 0.3) is 0 Å². The molecule has 0 aliphatic rings. The first-order chi connectivity index (χ1) is 13.7. The van der Waals surface area contributed by atoms with Crippen LogP contribution in [0.5, 0.6) is 5.75 Å². The van der Waals surface area contributed by atoms with Gasteiger partial charge in [-0.05, 0) is 62.2 Å². The van der Waals surface area contributed by atoms with Gasteiger partial charge in [-0.15, -0.1) is 0 Å². The van der Waals surface area contributed by atoms with E-state index in [2.05, 4.69) is 15.4 Å². The number of halogens is 1. The number of carbonyl (C=O) groups excluding carboxylic acids is 1. The van der Waals surface area contributed by atoms with Gasteiger partial charge in [-0.1, -0.05) is 12.1 Å². The van der Waals surface area contributed by atoms with E-state index in [9.17, 15) is 17.6 Å². The smallest absolute Gasteiger partial charge is 0.315 e. The summed E-state index contributed by atoms with van der Waals surface area (Å²) in [5.41, 5.74) is 1.51. The molecule has 0 heterocycles. The molecule has 0 radical (unpaired) electrons. The number of hydrogen-bond acceptors (Lipinski definition) is 4. The molecular weight excluding hydrogens is 397 g/mol. The molecule has 2 aromatic carbocycles. The monoisotopic (exact) mass is 423 g/mol. The van der Waals surface area contributed by atoms with Gasteiger partial charge in [-0.3, -0.25) is 0 Å². The highest BCUT2D eigenvalue weighted by molar-refractivity contribution is 7.89. The van der Waals surface area contributed by atoms with Crippen LogP contribution in [0.15, 0.2) is 47.4 Å². The van der Waals surface area contributed by atoms with Crippen LogP contribution in [0.3, 0.4) is 0 Å². The lowest BCUT2D eigenvalue weighted by Crippen LogP contribution is -2.45. The van der Waals surface area contributed by atoms with Crippen molar-refractivity contribution in [3.8, 4) is 5.75 Å². The summed E-state index contributed by atoms with van der Waals surface area (Å²) in [6, 6.07) is 10.1. The fourth-order valence-corrected chi connectivity index (χ4v) is 3.86. The zero-order valence-electron chi connectivity index (χ0n) is 16.7. The van der Waals surface area contributed by atoms with Crippen molar-refractivity contribution in [3.63, 3.8) is 0 Å². The van der Waals surface area contributed by atoms with Crippen LogP contribution in [0.2, 0.25) is 0 Å². The largest absolute Gasteiger partial charge is 0.491 e. The molecule has 0 aromatic heterocycles. The molecule has 2 aromatic rings. The Kier molecular flexibility index (Phi) is 7.98. The fraction of sp³-hybridized carbons (Fsp3) is 0.350. The Hall–Kier alpha value is -2.65. The molecule has 0 fully saturated rings. The summed E-state index contributed by atoms with van der Waals surface area (Å²) < 4.78 is 45.6. The van der Waals surface area contributed by atoms with Gasteiger partial charge in [0.15, 0.2) is 0 Å². The SMILES string of the molecule is Cc1ccc(C)c(S(=O)(=O)NCCNC(=O)NC(C)COc2ccc(F)cc2)c1. The summed E-state index contributed by atoms with van der Waals surface area (Å²) in [5.74, 6) is 0.150. The minimum Gasteiger partial charge on any atom is -0.491 e. The van der Waals surface area contributed by atoms with Crippen LogP contribution < -0.4 is 20.1 Å². The average molecular weight is 424 g/mol. The number of sulfonamides is 1. The van der Waals surface area contributed by atoms with Crippen molar-refractivity contribution in [1.82, 2.24) is 15.4 Å². The zero-order chi connectivity index (χ0) is 21.4. The van der Waals surface area contributed by atoms with Crippen molar-refractivity contribution in [2.75, 3.05) is 19.7 Å². The highest BCUT2D eigenvalue weighted by atomic mass is 32.2. The molecule has 2 rings (SSSR count). The van der Waals surface area contributed by atoms with Crippen molar-refractivity contribution >= 4 is 16.1 Å². The van der Waals surface area contributed by atoms with Gasteiger partial charge < -0.3 is 15.4 Å². The van der Waals surface area contributed by atoms with Gasteiger partial charge in [0.05, 0.1) is 10.9 Å². The molecule has 0 aliphatic heterocycles. The molecule has 7 nitrogen and oxygen atoms in total. The minimum absolute atomic E-state index is 0.0591. The van der Waals surface area contributed by atoms with Crippen molar-refractivity contribution in [2.45, 2.75) is 31.7 Å². The molecule has 3 N–H and O–H groups in total. The third kappa shape index (κ3) is 7.35. The molecule has 29 heavy (non-hydrogen) atoms. The predicted octanol–water partition coefficient (Wildman–Crippen LogP) is 2.49.